The lowest BCUT2D eigenvalue weighted by Crippen LogP contribution is -2.29. The number of carbonyl (C=O) groups is 2. The number of nitrogens with zero attached hydrogens (tertiary/aromatic N) is 1. The van der Waals surface area contributed by atoms with Gasteiger partial charge >= 0.3 is 0 Å². The minimum absolute atomic E-state index is 0.00498. The highest BCUT2D eigenvalue weighted by Crippen LogP contribution is 2.42. The summed E-state index contributed by atoms with van der Waals surface area (Å²) in [4.78, 5) is 28.4. The number of rotatable bonds is 7. The molecule has 1 atom stereocenters. The average molecular weight is 519 g/mol. The minimum Gasteiger partial charge on any atom is -0.507 e. The van der Waals surface area contributed by atoms with Gasteiger partial charge in [0.05, 0.1) is 17.7 Å². The van der Waals surface area contributed by atoms with Crippen molar-refractivity contribution in [2.45, 2.75) is 32.9 Å². The Bertz CT molecular complexity index is 1520. The number of hydrogen-bond donors (Lipinski definition) is 2. The van der Waals surface area contributed by atoms with Crippen LogP contribution in [0.1, 0.15) is 36.6 Å². The summed E-state index contributed by atoms with van der Waals surface area (Å²) >= 11 is 0. The van der Waals surface area contributed by atoms with Crippen molar-refractivity contribution in [3.63, 3.8) is 0 Å². The molecule has 1 aliphatic rings. The quantitative estimate of drug-likeness (QED) is 0.154. The van der Waals surface area contributed by atoms with Crippen LogP contribution in [0.5, 0.6) is 5.75 Å². The summed E-state index contributed by atoms with van der Waals surface area (Å²) < 4.78 is 5.71. The lowest BCUT2D eigenvalue weighted by Gasteiger charge is -2.26. The molecule has 2 N–H and O–H groups in total. The Hall–Kier alpha value is -4.84. The third-order valence-corrected chi connectivity index (χ3v) is 6.51. The lowest BCUT2D eigenvalue weighted by atomic mass is 9.94. The van der Waals surface area contributed by atoms with E-state index in [-0.39, 0.29) is 17.4 Å². The number of nitrogens with one attached hydrogen (secondary N) is 1. The number of para-hydroxylation sites is 1. The predicted octanol–water partition coefficient (Wildman–Crippen LogP) is 7.15. The van der Waals surface area contributed by atoms with Crippen LogP contribution in [0.2, 0.25) is 0 Å². The van der Waals surface area contributed by atoms with Gasteiger partial charge in [-0.25, -0.2) is 0 Å². The number of ether oxygens (including phenoxy) is 1. The molecule has 6 heteroatoms. The zero-order valence-corrected chi connectivity index (χ0v) is 22.1. The highest BCUT2D eigenvalue weighted by Gasteiger charge is 2.47. The van der Waals surface area contributed by atoms with E-state index >= 15 is 0 Å². The number of aliphatic hydroxyl groups is 1. The van der Waals surface area contributed by atoms with Gasteiger partial charge in [0.2, 0.25) is 0 Å². The molecule has 0 aliphatic carbocycles. The van der Waals surface area contributed by atoms with E-state index in [9.17, 15) is 14.7 Å². The maximum atomic E-state index is 13.5. The average Bonchev–Trinajstić information content (AvgIpc) is 3.19. The van der Waals surface area contributed by atoms with Crippen LogP contribution in [0.3, 0.4) is 0 Å². The Balaban J connectivity index is 1.56. The van der Waals surface area contributed by atoms with Crippen LogP contribution in [0.25, 0.3) is 5.76 Å². The molecule has 1 heterocycles. The van der Waals surface area contributed by atoms with Gasteiger partial charge in [-0.15, -0.1) is 0 Å². The number of Topliss-reactive ketones (excluding diaryl/α,β-unsaturated/α-hetero) is 1. The molecule has 1 unspecified atom stereocenters. The van der Waals surface area contributed by atoms with Crippen molar-refractivity contribution in [3.8, 4) is 5.75 Å². The summed E-state index contributed by atoms with van der Waals surface area (Å²) in [6.45, 7) is 5.82. The summed E-state index contributed by atoms with van der Waals surface area (Å²) in [5, 5.41) is 14.7. The van der Waals surface area contributed by atoms with Crippen LogP contribution in [-0.4, -0.2) is 22.9 Å². The van der Waals surface area contributed by atoms with Crippen LogP contribution in [0, 0.1) is 6.92 Å². The largest absolute Gasteiger partial charge is 0.507 e. The zero-order valence-electron chi connectivity index (χ0n) is 22.1. The fraction of sp³-hybridized carbons (Fsp3) is 0.152. The number of aliphatic hydroxyl groups excluding tert-OH is 1. The van der Waals surface area contributed by atoms with Crippen molar-refractivity contribution in [1.82, 2.24) is 0 Å². The Morgan fingerprint density at radius 1 is 0.846 bits per heavy atom. The van der Waals surface area contributed by atoms with Gasteiger partial charge in [-0.1, -0.05) is 48.0 Å². The minimum atomic E-state index is -0.788. The number of aryl methyl sites for hydroxylation is 1. The van der Waals surface area contributed by atoms with Crippen LogP contribution < -0.4 is 15.0 Å². The number of ketones is 1. The van der Waals surface area contributed by atoms with Crippen molar-refractivity contribution in [3.05, 3.63) is 125 Å². The Morgan fingerprint density at radius 2 is 1.51 bits per heavy atom. The molecular formula is C33H30N2O4. The molecule has 6 nitrogen and oxygen atoms in total. The zero-order chi connectivity index (χ0) is 27.5. The molecule has 4 aromatic carbocycles. The highest BCUT2D eigenvalue weighted by atomic mass is 16.5. The molecule has 0 spiro atoms. The molecule has 0 aromatic heterocycles. The summed E-state index contributed by atoms with van der Waals surface area (Å²) in [5.41, 5.74) is 4.55. The second-order valence-corrected chi connectivity index (χ2v) is 9.81. The molecule has 196 valence electrons. The van der Waals surface area contributed by atoms with Gasteiger partial charge in [-0.3, -0.25) is 14.5 Å². The SMILES string of the molecule is Cc1cccc(C2/C(=C(/O)c3ccc(OC(C)C)cc3)C(=O)C(=O)N2c2ccc(Nc3ccccc3)cc2)c1. The summed E-state index contributed by atoms with van der Waals surface area (Å²) in [6.07, 6.45) is 0.00498. The first-order chi connectivity index (χ1) is 18.8. The Morgan fingerprint density at radius 3 is 2.15 bits per heavy atom. The van der Waals surface area contributed by atoms with Gasteiger partial charge < -0.3 is 15.2 Å². The number of amides is 1. The van der Waals surface area contributed by atoms with Gasteiger partial charge in [0, 0.05) is 22.6 Å². The molecule has 0 radical (unpaired) electrons. The first-order valence-corrected chi connectivity index (χ1v) is 12.9. The molecule has 1 fully saturated rings. The van der Waals surface area contributed by atoms with E-state index in [1.54, 1.807) is 36.4 Å². The molecule has 4 aromatic rings. The van der Waals surface area contributed by atoms with Gasteiger partial charge in [-0.05, 0) is 87.0 Å². The molecule has 1 saturated heterocycles. The van der Waals surface area contributed by atoms with E-state index in [1.165, 1.54) is 4.90 Å². The van der Waals surface area contributed by atoms with E-state index in [1.807, 2.05) is 87.5 Å². The van der Waals surface area contributed by atoms with Gasteiger partial charge in [0.25, 0.3) is 11.7 Å². The first kappa shape index (κ1) is 25.8. The van der Waals surface area contributed by atoms with Crippen LogP contribution >= 0.6 is 0 Å². The molecule has 0 saturated carbocycles. The number of hydrogen-bond acceptors (Lipinski definition) is 5. The fourth-order valence-electron chi connectivity index (χ4n) is 4.77. The maximum absolute atomic E-state index is 13.5. The molecule has 1 amide bonds. The van der Waals surface area contributed by atoms with Gasteiger partial charge in [0.1, 0.15) is 11.5 Å². The summed E-state index contributed by atoms with van der Waals surface area (Å²) in [7, 11) is 0. The molecule has 39 heavy (non-hydrogen) atoms. The van der Waals surface area contributed by atoms with Crippen LogP contribution in [0.4, 0.5) is 17.1 Å². The first-order valence-electron chi connectivity index (χ1n) is 12.9. The molecule has 1 aliphatic heterocycles. The summed E-state index contributed by atoms with van der Waals surface area (Å²) in [6, 6.07) is 30.8. The normalized spacial score (nSPS) is 16.5. The van der Waals surface area contributed by atoms with Crippen LogP contribution in [-0.2, 0) is 9.59 Å². The van der Waals surface area contributed by atoms with E-state index in [0.29, 0.717) is 17.0 Å². The van der Waals surface area contributed by atoms with Crippen molar-refractivity contribution in [2.24, 2.45) is 0 Å². The fourth-order valence-corrected chi connectivity index (χ4v) is 4.77. The van der Waals surface area contributed by atoms with Crippen LogP contribution in [0.15, 0.2) is 109 Å². The molecular weight excluding hydrogens is 488 g/mol. The number of carbonyl (C=O) groups excluding carboxylic acids is 2. The third kappa shape index (κ3) is 5.41. The van der Waals surface area contributed by atoms with Gasteiger partial charge in [0.15, 0.2) is 0 Å². The second kappa shape index (κ2) is 10.9. The summed E-state index contributed by atoms with van der Waals surface area (Å²) in [5.74, 6) is -0.984. The third-order valence-electron chi connectivity index (χ3n) is 6.51. The van der Waals surface area contributed by atoms with E-state index in [0.717, 1.165) is 22.5 Å². The molecule has 0 bridgehead atoms. The number of anilines is 3. The monoisotopic (exact) mass is 518 g/mol. The van der Waals surface area contributed by atoms with Crippen molar-refractivity contribution < 1.29 is 19.4 Å². The Kier molecular flexibility index (Phi) is 7.19. The topological polar surface area (TPSA) is 78.9 Å². The predicted molar refractivity (Wildman–Crippen MR) is 154 cm³/mol. The van der Waals surface area contributed by atoms with E-state index in [4.69, 9.17) is 4.74 Å². The second-order valence-electron chi connectivity index (χ2n) is 9.81. The standard InChI is InChI=1S/C33H30N2O4/c1-21(2)39-28-18-12-23(13-19-28)31(36)29-30(24-9-7-8-22(3)20-24)35(33(38)32(29)37)27-16-14-26(15-17-27)34-25-10-5-4-6-11-25/h4-21,30,34,36H,1-3H3/b31-29-. The lowest BCUT2D eigenvalue weighted by molar-refractivity contribution is -0.132. The van der Waals surface area contributed by atoms with E-state index < -0.39 is 17.7 Å². The maximum Gasteiger partial charge on any atom is 0.300 e. The van der Waals surface area contributed by atoms with Gasteiger partial charge in [-0.2, -0.15) is 0 Å². The molecule has 5 rings (SSSR count). The highest BCUT2D eigenvalue weighted by molar-refractivity contribution is 6.51. The van der Waals surface area contributed by atoms with E-state index in [2.05, 4.69) is 5.32 Å². The smallest absolute Gasteiger partial charge is 0.300 e. The Labute approximate surface area is 228 Å². The van der Waals surface area contributed by atoms with Crippen molar-refractivity contribution >= 4 is 34.5 Å². The van der Waals surface area contributed by atoms with Crippen molar-refractivity contribution in [2.75, 3.05) is 10.2 Å². The number of benzene rings is 4. The van der Waals surface area contributed by atoms with Crippen molar-refractivity contribution in [1.29, 1.82) is 0 Å².